The van der Waals surface area contributed by atoms with E-state index in [1.54, 1.807) is 0 Å². The molecule has 2 heteroatoms. The topological polar surface area (TPSA) is 23.5 Å². The van der Waals surface area contributed by atoms with Crippen molar-refractivity contribution in [3.05, 3.63) is 35.9 Å². The number of rotatable bonds is 5. The van der Waals surface area contributed by atoms with Crippen molar-refractivity contribution in [2.24, 2.45) is 0 Å². The highest BCUT2D eigenvalue weighted by molar-refractivity contribution is 5.15. The number of benzene rings is 1. The van der Waals surface area contributed by atoms with E-state index in [0.717, 1.165) is 13.1 Å². The van der Waals surface area contributed by atoms with Gasteiger partial charge in [-0.3, -0.25) is 4.90 Å². The molecule has 1 atom stereocenters. The van der Waals surface area contributed by atoms with E-state index >= 15 is 0 Å². The van der Waals surface area contributed by atoms with Gasteiger partial charge in [-0.25, -0.2) is 0 Å². The fourth-order valence-electron chi connectivity index (χ4n) is 1.60. The van der Waals surface area contributed by atoms with Crippen molar-refractivity contribution in [1.29, 1.82) is 0 Å². The first kappa shape index (κ1) is 11.2. The number of hydrogen-bond acceptors (Lipinski definition) is 2. The third-order valence-electron chi connectivity index (χ3n) is 2.49. The molecule has 1 rings (SSSR count). The van der Waals surface area contributed by atoms with E-state index in [0.29, 0.717) is 6.42 Å². The van der Waals surface area contributed by atoms with Gasteiger partial charge in [0.05, 0.1) is 0 Å². The van der Waals surface area contributed by atoms with Crippen molar-refractivity contribution in [2.45, 2.75) is 26.5 Å². The summed E-state index contributed by atoms with van der Waals surface area (Å²) in [6.07, 6.45) is 0.357. The number of hydrogen-bond donors (Lipinski definition) is 1. The van der Waals surface area contributed by atoms with E-state index < -0.39 is 0 Å². The van der Waals surface area contributed by atoms with E-state index in [-0.39, 0.29) is 6.23 Å². The summed E-state index contributed by atoms with van der Waals surface area (Å²) in [7, 11) is 0. The average Bonchev–Trinajstić information content (AvgIpc) is 2.21. The Kier molecular flexibility index (Phi) is 4.63. The summed E-state index contributed by atoms with van der Waals surface area (Å²) in [5.74, 6) is 0. The Morgan fingerprint density at radius 3 is 2.21 bits per heavy atom. The monoisotopic (exact) mass is 193 g/mol. The molecule has 14 heavy (non-hydrogen) atoms. The van der Waals surface area contributed by atoms with Gasteiger partial charge in [0.15, 0.2) is 0 Å². The van der Waals surface area contributed by atoms with Gasteiger partial charge in [0.2, 0.25) is 0 Å². The molecule has 2 nitrogen and oxygen atoms in total. The minimum absolute atomic E-state index is 0.354. The van der Waals surface area contributed by atoms with Gasteiger partial charge in [-0.2, -0.15) is 0 Å². The summed E-state index contributed by atoms with van der Waals surface area (Å²) in [6, 6.07) is 10.1. The molecule has 0 amide bonds. The zero-order valence-electron chi connectivity index (χ0n) is 8.98. The molecule has 0 aliphatic carbocycles. The first-order valence-corrected chi connectivity index (χ1v) is 5.24. The first-order valence-electron chi connectivity index (χ1n) is 5.24. The molecule has 0 fully saturated rings. The summed E-state index contributed by atoms with van der Waals surface area (Å²) >= 11 is 0. The quantitative estimate of drug-likeness (QED) is 0.722. The minimum atomic E-state index is -0.354. The molecule has 0 saturated heterocycles. The number of aliphatic hydroxyl groups excluding tert-OH is 1. The van der Waals surface area contributed by atoms with E-state index in [4.69, 9.17) is 0 Å². The second-order valence-electron chi connectivity index (χ2n) is 3.39. The molecule has 1 aromatic rings. The summed E-state index contributed by atoms with van der Waals surface area (Å²) in [5, 5.41) is 9.89. The Morgan fingerprint density at radius 2 is 1.71 bits per heavy atom. The molecular weight excluding hydrogens is 174 g/mol. The standard InChI is InChI=1S/C12H19NO/c1-3-13(4-2)12(14)10-11-8-6-5-7-9-11/h5-9,12,14H,3-4,10H2,1-2H3. The second kappa shape index (κ2) is 5.78. The first-order chi connectivity index (χ1) is 6.77. The Labute approximate surface area is 86.2 Å². The van der Waals surface area contributed by atoms with Crippen LogP contribution in [0.25, 0.3) is 0 Å². The molecule has 1 aromatic carbocycles. The zero-order chi connectivity index (χ0) is 10.4. The van der Waals surface area contributed by atoms with Crippen molar-refractivity contribution in [3.8, 4) is 0 Å². The molecule has 0 heterocycles. The molecule has 0 aliphatic rings. The number of nitrogens with zero attached hydrogens (tertiary/aromatic N) is 1. The van der Waals surface area contributed by atoms with Gasteiger partial charge < -0.3 is 5.11 Å². The van der Waals surface area contributed by atoms with Crippen LogP contribution in [0, 0.1) is 0 Å². The Balaban J connectivity index is 2.52. The van der Waals surface area contributed by atoms with Gasteiger partial charge >= 0.3 is 0 Å². The highest BCUT2D eigenvalue weighted by Crippen LogP contribution is 2.06. The maximum absolute atomic E-state index is 9.89. The van der Waals surface area contributed by atoms with Crippen molar-refractivity contribution in [2.75, 3.05) is 13.1 Å². The highest BCUT2D eigenvalue weighted by Gasteiger charge is 2.11. The lowest BCUT2D eigenvalue weighted by Crippen LogP contribution is -2.36. The van der Waals surface area contributed by atoms with Gasteiger partial charge in [-0.15, -0.1) is 0 Å². The van der Waals surface area contributed by atoms with Gasteiger partial charge in [0.1, 0.15) is 6.23 Å². The molecule has 0 bridgehead atoms. The molecule has 1 N–H and O–H groups in total. The maximum Gasteiger partial charge on any atom is 0.111 e. The van der Waals surface area contributed by atoms with Crippen LogP contribution in [0.15, 0.2) is 30.3 Å². The van der Waals surface area contributed by atoms with Crippen LogP contribution in [-0.2, 0) is 6.42 Å². The third-order valence-corrected chi connectivity index (χ3v) is 2.49. The van der Waals surface area contributed by atoms with Crippen LogP contribution in [0.4, 0.5) is 0 Å². The largest absolute Gasteiger partial charge is 0.378 e. The lowest BCUT2D eigenvalue weighted by atomic mass is 10.1. The molecular formula is C12H19NO. The predicted octanol–water partition coefficient (Wildman–Crippen LogP) is 1.89. The van der Waals surface area contributed by atoms with Crippen LogP contribution in [0.5, 0.6) is 0 Å². The lowest BCUT2D eigenvalue weighted by Gasteiger charge is -2.24. The normalized spacial score (nSPS) is 13.1. The number of aliphatic hydroxyl groups is 1. The van der Waals surface area contributed by atoms with Gasteiger partial charge in [0.25, 0.3) is 0 Å². The third kappa shape index (κ3) is 3.13. The Bertz CT molecular complexity index is 244. The van der Waals surface area contributed by atoms with Gasteiger partial charge in [-0.1, -0.05) is 44.2 Å². The zero-order valence-corrected chi connectivity index (χ0v) is 8.98. The van der Waals surface area contributed by atoms with Crippen LogP contribution in [-0.4, -0.2) is 29.3 Å². The van der Waals surface area contributed by atoms with Crippen LogP contribution in [0.1, 0.15) is 19.4 Å². The van der Waals surface area contributed by atoms with E-state index in [2.05, 4.69) is 13.8 Å². The second-order valence-corrected chi connectivity index (χ2v) is 3.39. The van der Waals surface area contributed by atoms with Crippen molar-refractivity contribution < 1.29 is 5.11 Å². The van der Waals surface area contributed by atoms with E-state index in [9.17, 15) is 5.11 Å². The molecule has 0 spiro atoms. The molecule has 1 unspecified atom stereocenters. The minimum Gasteiger partial charge on any atom is -0.378 e. The van der Waals surface area contributed by atoms with Crippen molar-refractivity contribution >= 4 is 0 Å². The summed E-state index contributed by atoms with van der Waals surface area (Å²) in [4.78, 5) is 2.05. The van der Waals surface area contributed by atoms with Crippen molar-refractivity contribution in [3.63, 3.8) is 0 Å². The fraction of sp³-hybridized carbons (Fsp3) is 0.500. The lowest BCUT2D eigenvalue weighted by molar-refractivity contribution is 0.0116. The van der Waals surface area contributed by atoms with Crippen LogP contribution in [0.2, 0.25) is 0 Å². The van der Waals surface area contributed by atoms with Crippen molar-refractivity contribution in [1.82, 2.24) is 4.90 Å². The number of likely N-dealkylation sites (N-methyl/N-ethyl adjacent to an activating group) is 1. The van der Waals surface area contributed by atoms with Crippen LogP contribution in [0.3, 0.4) is 0 Å². The molecule has 0 saturated carbocycles. The molecule has 0 radical (unpaired) electrons. The smallest absolute Gasteiger partial charge is 0.111 e. The van der Waals surface area contributed by atoms with Gasteiger partial charge in [-0.05, 0) is 18.7 Å². The van der Waals surface area contributed by atoms with E-state index in [1.165, 1.54) is 5.56 Å². The Morgan fingerprint density at radius 1 is 1.14 bits per heavy atom. The summed E-state index contributed by atoms with van der Waals surface area (Å²) < 4.78 is 0. The summed E-state index contributed by atoms with van der Waals surface area (Å²) in [5.41, 5.74) is 1.19. The average molecular weight is 193 g/mol. The molecule has 78 valence electrons. The van der Waals surface area contributed by atoms with Gasteiger partial charge in [0, 0.05) is 6.42 Å². The fourth-order valence-corrected chi connectivity index (χ4v) is 1.60. The molecule has 0 aromatic heterocycles. The summed E-state index contributed by atoms with van der Waals surface area (Å²) in [6.45, 7) is 5.92. The van der Waals surface area contributed by atoms with E-state index in [1.807, 2.05) is 35.2 Å². The Hall–Kier alpha value is -0.860. The van der Waals surface area contributed by atoms with Crippen LogP contribution >= 0.6 is 0 Å². The van der Waals surface area contributed by atoms with Crippen LogP contribution < -0.4 is 0 Å². The predicted molar refractivity (Wildman–Crippen MR) is 59.1 cm³/mol. The SMILES string of the molecule is CCN(CC)C(O)Cc1ccccc1. The maximum atomic E-state index is 9.89. The highest BCUT2D eigenvalue weighted by atomic mass is 16.3. The molecule has 0 aliphatic heterocycles.